The van der Waals surface area contributed by atoms with Gasteiger partial charge in [-0.05, 0) is 19.9 Å². The van der Waals surface area contributed by atoms with Crippen molar-refractivity contribution in [1.82, 2.24) is 0 Å². The van der Waals surface area contributed by atoms with E-state index in [9.17, 15) is 14.7 Å². The third-order valence-electron chi connectivity index (χ3n) is 1.91. The standard InChI is InChI=1S/C10H13ClNO6P/c1-3-16-19(15,17-4-2)18-8-5-6-10(12(13)14)9(11)7-8/h5-7H,3-4H2,1-2H3. The van der Waals surface area contributed by atoms with Gasteiger partial charge >= 0.3 is 7.82 Å². The van der Waals surface area contributed by atoms with E-state index in [1.165, 1.54) is 12.1 Å². The van der Waals surface area contributed by atoms with Crippen molar-refractivity contribution >= 4 is 25.1 Å². The van der Waals surface area contributed by atoms with Crippen LogP contribution in [0.3, 0.4) is 0 Å². The largest absolute Gasteiger partial charge is 0.530 e. The summed E-state index contributed by atoms with van der Waals surface area (Å²) in [5.74, 6) is 0.0702. The van der Waals surface area contributed by atoms with Crippen LogP contribution in [0.1, 0.15) is 13.8 Å². The molecule has 0 aromatic heterocycles. The Morgan fingerprint density at radius 3 is 2.32 bits per heavy atom. The fourth-order valence-electron chi connectivity index (χ4n) is 1.23. The summed E-state index contributed by atoms with van der Waals surface area (Å²) in [4.78, 5) is 9.97. The molecule has 0 amide bonds. The number of rotatable bonds is 7. The molecule has 0 atom stereocenters. The predicted molar refractivity (Wildman–Crippen MR) is 69.6 cm³/mol. The van der Waals surface area contributed by atoms with Crippen molar-refractivity contribution in [2.75, 3.05) is 13.2 Å². The maximum atomic E-state index is 12.1. The first-order valence-electron chi connectivity index (χ1n) is 5.44. The zero-order valence-electron chi connectivity index (χ0n) is 10.4. The normalized spacial score (nSPS) is 11.3. The van der Waals surface area contributed by atoms with E-state index in [1.54, 1.807) is 13.8 Å². The Bertz CT molecular complexity index is 499. The molecule has 19 heavy (non-hydrogen) atoms. The molecule has 1 aromatic rings. The first-order valence-corrected chi connectivity index (χ1v) is 7.28. The maximum Gasteiger partial charge on any atom is 0.530 e. The van der Waals surface area contributed by atoms with Crippen LogP contribution in [0.5, 0.6) is 5.75 Å². The quantitative estimate of drug-likeness (QED) is 0.432. The van der Waals surface area contributed by atoms with Gasteiger partial charge in [0, 0.05) is 12.1 Å². The van der Waals surface area contributed by atoms with Crippen LogP contribution in [0.25, 0.3) is 0 Å². The highest BCUT2D eigenvalue weighted by atomic mass is 35.5. The molecule has 0 aliphatic rings. The minimum atomic E-state index is -3.73. The third kappa shape index (κ3) is 4.47. The molecule has 0 saturated heterocycles. The van der Waals surface area contributed by atoms with Crippen LogP contribution in [-0.2, 0) is 13.6 Å². The van der Waals surface area contributed by atoms with E-state index >= 15 is 0 Å². The second-order valence-corrected chi connectivity index (χ2v) is 5.24. The zero-order valence-corrected chi connectivity index (χ0v) is 12.0. The highest BCUT2D eigenvalue weighted by Gasteiger charge is 2.28. The van der Waals surface area contributed by atoms with Crippen molar-refractivity contribution in [3.05, 3.63) is 33.3 Å². The lowest BCUT2D eigenvalue weighted by atomic mass is 10.3. The Kier molecular flexibility index (Phi) is 5.75. The smallest absolute Gasteiger partial charge is 0.404 e. The molecular formula is C10H13ClNO6P. The summed E-state index contributed by atoms with van der Waals surface area (Å²) >= 11 is 5.71. The Morgan fingerprint density at radius 1 is 1.32 bits per heavy atom. The van der Waals surface area contributed by atoms with Crippen molar-refractivity contribution in [2.24, 2.45) is 0 Å². The fraction of sp³-hybridized carbons (Fsp3) is 0.400. The number of hydrogen-bond acceptors (Lipinski definition) is 6. The minimum Gasteiger partial charge on any atom is -0.404 e. The third-order valence-corrected chi connectivity index (χ3v) is 3.79. The molecule has 7 nitrogen and oxygen atoms in total. The highest BCUT2D eigenvalue weighted by molar-refractivity contribution is 7.48. The second kappa shape index (κ2) is 6.86. The van der Waals surface area contributed by atoms with Gasteiger partial charge in [0.05, 0.1) is 18.1 Å². The van der Waals surface area contributed by atoms with E-state index in [0.717, 1.165) is 6.07 Å². The highest BCUT2D eigenvalue weighted by Crippen LogP contribution is 2.49. The monoisotopic (exact) mass is 309 g/mol. The summed E-state index contributed by atoms with van der Waals surface area (Å²) in [5, 5.41) is 10.5. The van der Waals surface area contributed by atoms with E-state index in [2.05, 4.69) is 0 Å². The summed E-state index contributed by atoms with van der Waals surface area (Å²) in [7, 11) is -3.73. The fourth-order valence-corrected chi connectivity index (χ4v) is 2.65. The van der Waals surface area contributed by atoms with Crippen LogP contribution in [0.4, 0.5) is 5.69 Å². The summed E-state index contributed by atoms with van der Waals surface area (Å²) in [5.41, 5.74) is -0.267. The maximum absolute atomic E-state index is 12.1. The van der Waals surface area contributed by atoms with Crippen molar-refractivity contribution in [1.29, 1.82) is 0 Å². The Hall–Kier alpha value is -1.14. The summed E-state index contributed by atoms with van der Waals surface area (Å²) in [6.07, 6.45) is 0. The molecule has 0 aliphatic carbocycles. The van der Waals surface area contributed by atoms with Crippen LogP contribution < -0.4 is 4.52 Å². The van der Waals surface area contributed by atoms with Crippen LogP contribution >= 0.6 is 19.4 Å². The molecule has 0 spiro atoms. The molecule has 1 rings (SSSR count). The lowest BCUT2D eigenvalue weighted by Gasteiger charge is -2.16. The molecule has 106 valence electrons. The first kappa shape index (κ1) is 15.9. The minimum absolute atomic E-state index is 0.0702. The predicted octanol–water partition coefficient (Wildman–Crippen LogP) is 3.81. The van der Waals surface area contributed by atoms with Gasteiger partial charge in [-0.15, -0.1) is 0 Å². The van der Waals surface area contributed by atoms with Crippen LogP contribution in [0, 0.1) is 10.1 Å². The number of nitro groups is 1. The number of benzene rings is 1. The molecule has 0 unspecified atom stereocenters. The number of hydrogen-bond donors (Lipinski definition) is 0. The molecule has 9 heteroatoms. The van der Waals surface area contributed by atoms with Crippen molar-refractivity contribution in [2.45, 2.75) is 13.8 Å². The molecule has 0 radical (unpaired) electrons. The van der Waals surface area contributed by atoms with Gasteiger partial charge in [0.25, 0.3) is 5.69 Å². The van der Waals surface area contributed by atoms with E-state index in [1.807, 2.05) is 0 Å². The van der Waals surface area contributed by atoms with Gasteiger partial charge in [-0.1, -0.05) is 11.6 Å². The average Bonchev–Trinajstić information content (AvgIpc) is 2.28. The summed E-state index contributed by atoms with van der Waals surface area (Å²) in [6, 6.07) is 3.61. The molecule has 0 bridgehead atoms. The number of phosphoric ester groups is 1. The van der Waals surface area contributed by atoms with E-state index in [4.69, 9.17) is 25.2 Å². The average molecular weight is 310 g/mol. The molecule has 1 aromatic carbocycles. The lowest BCUT2D eigenvalue weighted by Crippen LogP contribution is -2.02. The molecule has 0 N–H and O–H groups in total. The van der Waals surface area contributed by atoms with Crippen LogP contribution in [-0.4, -0.2) is 18.1 Å². The van der Waals surface area contributed by atoms with Crippen molar-refractivity contribution < 1.29 is 23.1 Å². The van der Waals surface area contributed by atoms with Crippen LogP contribution in [0.2, 0.25) is 5.02 Å². The molecular weight excluding hydrogens is 297 g/mol. The Labute approximate surface area is 115 Å². The van der Waals surface area contributed by atoms with E-state index in [0.29, 0.717) is 0 Å². The Balaban J connectivity index is 2.95. The SMILES string of the molecule is CCOP(=O)(OCC)Oc1ccc([N+](=O)[O-])c(Cl)c1. The van der Waals surface area contributed by atoms with E-state index in [-0.39, 0.29) is 29.7 Å². The van der Waals surface area contributed by atoms with Gasteiger partial charge < -0.3 is 4.52 Å². The lowest BCUT2D eigenvalue weighted by molar-refractivity contribution is -0.384. The molecule has 0 fully saturated rings. The number of phosphoric acid groups is 1. The second-order valence-electron chi connectivity index (χ2n) is 3.24. The van der Waals surface area contributed by atoms with E-state index < -0.39 is 12.7 Å². The van der Waals surface area contributed by atoms with Gasteiger partial charge in [0.2, 0.25) is 0 Å². The zero-order chi connectivity index (χ0) is 14.5. The molecule has 0 aliphatic heterocycles. The topological polar surface area (TPSA) is 87.9 Å². The van der Waals surface area contributed by atoms with Gasteiger partial charge in [-0.2, -0.15) is 0 Å². The number of nitrogens with zero attached hydrogens (tertiary/aromatic N) is 1. The molecule has 0 saturated carbocycles. The van der Waals surface area contributed by atoms with Crippen molar-refractivity contribution in [3.63, 3.8) is 0 Å². The van der Waals surface area contributed by atoms with Gasteiger partial charge in [-0.25, -0.2) is 4.57 Å². The summed E-state index contributed by atoms with van der Waals surface area (Å²) in [6.45, 7) is 3.55. The van der Waals surface area contributed by atoms with Gasteiger partial charge in [0.15, 0.2) is 0 Å². The van der Waals surface area contributed by atoms with Crippen LogP contribution in [0.15, 0.2) is 18.2 Å². The van der Waals surface area contributed by atoms with Crippen molar-refractivity contribution in [3.8, 4) is 5.75 Å². The molecule has 0 heterocycles. The summed E-state index contributed by atoms with van der Waals surface area (Å²) < 4.78 is 27.0. The Morgan fingerprint density at radius 2 is 1.89 bits per heavy atom. The number of halogens is 1. The van der Waals surface area contributed by atoms with Gasteiger partial charge in [0.1, 0.15) is 10.8 Å². The first-order chi connectivity index (χ1) is 8.91. The number of nitro benzene ring substituents is 1. The van der Waals surface area contributed by atoms with Gasteiger partial charge in [-0.3, -0.25) is 19.2 Å².